The number of hydrogen-bond acceptors (Lipinski definition) is 4. The average Bonchev–Trinajstić information content (AvgIpc) is 3.36. The van der Waals surface area contributed by atoms with Crippen molar-refractivity contribution >= 4 is 39.5 Å². The number of nitrogens with one attached hydrogen (secondary N) is 2. The van der Waals surface area contributed by atoms with Gasteiger partial charge in [-0.25, -0.2) is 0 Å². The quantitative estimate of drug-likeness (QED) is 0.606. The topological polar surface area (TPSA) is 58.2 Å². The second-order valence-corrected chi connectivity index (χ2v) is 8.89. The molecule has 0 saturated carbocycles. The molecule has 4 nitrogen and oxygen atoms in total. The van der Waals surface area contributed by atoms with Crippen LogP contribution in [0.1, 0.15) is 48.9 Å². The monoisotopic (exact) mass is 410 g/mol. The molecule has 0 aliphatic heterocycles. The van der Waals surface area contributed by atoms with Gasteiger partial charge in [-0.05, 0) is 54.7 Å². The standard InChI is InChI=1S/C22H22N2O2S2/c25-20(18-11-6-14-27-18)24-22-19(16-9-4-5-10-17(16)28-22)21(26)23-13-12-15-7-2-1-3-8-15/h1-3,6-8,11,14H,4-5,9-10,12-13H2,(H,23,26)(H,24,25). The highest BCUT2D eigenvalue weighted by Crippen LogP contribution is 2.38. The van der Waals surface area contributed by atoms with Crippen LogP contribution in [0.2, 0.25) is 0 Å². The number of rotatable bonds is 6. The van der Waals surface area contributed by atoms with Gasteiger partial charge >= 0.3 is 0 Å². The van der Waals surface area contributed by atoms with Crippen molar-refractivity contribution in [2.75, 3.05) is 11.9 Å². The van der Waals surface area contributed by atoms with Crippen molar-refractivity contribution in [2.24, 2.45) is 0 Å². The lowest BCUT2D eigenvalue weighted by atomic mass is 9.95. The first kappa shape index (κ1) is 18.9. The van der Waals surface area contributed by atoms with Crippen molar-refractivity contribution in [3.8, 4) is 0 Å². The minimum atomic E-state index is -0.146. The fourth-order valence-electron chi connectivity index (χ4n) is 3.52. The highest BCUT2D eigenvalue weighted by molar-refractivity contribution is 7.17. The van der Waals surface area contributed by atoms with Crippen LogP contribution in [0, 0.1) is 0 Å². The first-order valence-corrected chi connectivity index (χ1v) is 11.2. The van der Waals surface area contributed by atoms with Crippen LogP contribution >= 0.6 is 22.7 Å². The van der Waals surface area contributed by atoms with Crippen molar-refractivity contribution < 1.29 is 9.59 Å². The number of amides is 2. The highest BCUT2D eigenvalue weighted by Gasteiger charge is 2.26. The summed E-state index contributed by atoms with van der Waals surface area (Å²) in [4.78, 5) is 27.4. The predicted octanol–water partition coefficient (Wildman–Crippen LogP) is 4.91. The van der Waals surface area contributed by atoms with Crippen LogP contribution in [-0.2, 0) is 19.3 Å². The van der Waals surface area contributed by atoms with Gasteiger partial charge in [0, 0.05) is 11.4 Å². The number of fused-ring (bicyclic) bond motifs is 1. The molecular formula is C22H22N2O2S2. The lowest BCUT2D eigenvalue weighted by Gasteiger charge is -2.13. The Morgan fingerprint density at radius 2 is 1.79 bits per heavy atom. The third-order valence-electron chi connectivity index (χ3n) is 4.91. The first-order valence-electron chi connectivity index (χ1n) is 9.54. The number of carbonyl (C=O) groups excluding carboxylic acids is 2. The van der Waals surface area contributed by atoms with Gasteiger partial charge in [0.2, 0.25) is 0 Å². The minimum absolute atomic E-state index is 0.0863. The maximum absolute atomic E-state index is 13.0. The lowest BCUT2D eigenvalue weighted by Crippen LogP contribution is -2.27. The van der Waals surface area contributed by atoms with E-state index in [1.54, 1.807) is 17.4 Å². The molecule has 2 aromatic heterocycles. The number of thiophene rings is 2. The largest absolute Gasteiger partial charge is 0.352 e. The Kier molecular flexibility index (Phi) is 5.88. The summed E-state index contributed by atoms with van der Waals surface area (Å²) in [5, 5.41) is 8.60. The van der Waals surface area contributed by atoms with Gasteiger partial charge < -0.3 is 10.6 Å². The Bertz CT molecular complexity index is 962. The number of benzene rings is 1. The molecule has 0 unspecified atom stereocenters. The maximum atomic E-state index is 13.0. The van der Waals surface area contributed by atoms with Gasteiger partial charge in [0.1, 0.15) is 5.00 Å². The Morgan fingerprint density at radius 1 is 0.964 bits per heavy atom. The molecule has 0 saturated heterocycles. The predicted molar refractivity (Wildman–Crippen MR) is 116 cm³/mol. The van der Waals surface area contributed by atoms with Gasteiger partial charge in [-0.2, -0.15) is 0 Å². The van der Waals surface area contributed by atoms with Gasteiger partial charge in [0.25, 0.3) is 11.8 Å². The third kappa shape index (κ3) is 4.18. The van der Waals surface area contributed by atoms with Gasteiger partial charge in [0.05, 0.1) is 10.4 Å². The van der Waals surface area contributed by atoms with E-state index in [1.165, 1.54) is 21.8 Å². The summed E-state index contributed by atoms with van der Waals surface area (Å²) in [6.45, 7) is 0.575. The van der Waals surface area contributed by atoms with E-state index in [2.05, 4.69) is 22.8 Å². The van der Waals surface area contributed by atoms with Crippen LogP contribution in [0.25, 0.3) is 0 Å². The van der Waals surface area contributed by atoms with E-state index in [-0.39, 0.29) is 11.8 Å². The van der Waals surface area contributed by atoms with E-state index >= 15 is 0 Å². The van der Waals surface area contributed by atoms with Crippen molar-refractivity contribution in [1.29, 1.82) is 0 Å². The zero-order chi connectivity index (χ0) is 19.3. The van der Waals surface area contributed by atoms with Gasteiger partial charge in [-0.1, -0.05) is 36.4 Å². The lowest BCUT2D eigenvalue weighted by molar-refractivity contribution is 0.0954. The Labute approximate surface area is 172 Å². The van der Waals surface area contributed by atoms with Crippen molar-refractivity contribution in [2.45, 2.75) is 32.1 Å². The zero-order valence-electron chi connectivity index (χ0n) is 15.5. The van der Waals surface area contributed by atoms with Crippen molar-refractivity contribution in [3.05, 3.63) is 74.3 Å². The molecule has 2 heterocycles. The molecule has 0 bridgehead atoms. The first-order chi connectivity index (χ1) is 13.7. The molecule has 28 heavy (non-hydrogen) atoms. The molecule has 4 rings (SSSR count). The molecule has 2 amide bonds. The molecule has 1 aliphatic rings. The molecule has 0 spiro atoms. The SMILES string of the molecule is O=C(Nc1sc2c(c1C(=O)NCCc1ccccc1)CCCC2)c1cccs1. The smallest absolute Gasteiger partial charge is 0.266 e. The molecule has 1 aliphatic carbocycles. The molecule has 0 atom stereocenters. The van der Waals surface area contributed by atoms with Crippen LogP contribution in [0.3, 0.4) is 0 Å². The van der Waals surface area contributed by atoms with Crippen molar-refractivity contribution in [3.63, 3.8) is 0 Å². The number of aryl methyl sites for hydroxylation is 1. The highest BCUT2D eigenvalue weighted by atomic mass is 32.1. The summed E-state index contributed by atoms with van der Waals surface area (Å²) in [6, 6.07) is 13.8. The Hall–Kier alpha value is -2.44. The summed E-state index contributed by atoms with van der Waals surface area (Å²) < 4.78 is 0. The summed E-state index contributed by atoms with van der Waals surface area (Å²) in [5.74, 6) is -0.233. The minimum Gasteiger partial charge on any atom is -0.352 e. The van der Waals surface area contributed by atoms with E-state index in [9.17, 15) is 9.59 Å². The summed E-state index contributed by atoms with van der Waals surface area (Å²) >= 11 is 2.96. The number of hydrogen-bond donors (Lipinski definition) is 2. The molecule has 1 aromatic carbocycles. The van der Waals surface area contributed by atoms with Crippen LogP contribution in [0.5, 0.6) is 0 Å². The zero-order valence-corrected chi connectivity index (χ0v) is 17.1. The van der Waals surface area contributed by atoms with Crippen LogP contribution in [-0.4, -0.2) is 18.4 Å². The Balaban J connectivity index is 1.51. The third-order valence-corrected chi connectivity index (χ3v) is 6.99. The second-order valence-electron chi connectivity index (χ2n) is 6.84. The van der Waals surface area contributed by atoms with Crippen molar-refractivity contribution in [1.82, 2.24) is 5.32 Å². The maximum Gasteiger partial charge on any atom is 0.266 e. The van der Waals surface area contributed by atoms with Gasteiger partial charge in [-0.15, -0.1) is 22.7 Å². The summed E-state index contributed by atoms with van der Waals surface area (Å²) in [7, 11) is 0. The van der Waals surface area contributed by atoms with Crippen LogP contribution in [0.15, 0.2) is 47.8 Å². The van der Waals surface area contributed by atoms with E-state index < -0.39 is 0 Å². The second kappa shape index (κ2) is 8.71. The molecule has 0 fully saturated rings. The van der Waals surface area contributed by atoms with E-state index in [4.69, 9.17) is 0 Å². The van der Waals surface area contributed by atoms with Crippen LogP contribution in [0.4, 0.5) is 5.00 Å². The average molecular weight is 411 g/mol. The number of carbonyl (C=O) groups is 2. The molecule has 0 radical (unpaired) electrons. The van der Waals surface area contributed by atoms with E-state index in [0.29, 0.717) is 22.0 Å². The van der Waals surface area contributed by atoms with Gasteiger partial charge in [0.15, 0.2) is 0 Å². The van der Waals surface area contributed by atoms with E-state index in [0.717, 1.165) is 37.7 Å². The van der Waals surface area contributed by atoms with Gasteiger partial charge in [-0.3, -0.25) is 9.59 Å². The molecular weight excluding hydrogens is 388 g/mol. The van der Waals surface area contributed by atoms with Crippen LogP contribution < -0.4 is 10.6 Å². The fraction of sp³-hybridized carbons (Fsp3) is 0.273. The molecule has 144 valence electrons. The summed E-state index contributed by atoms with van der Waals surface area (Å²) in [6.07, 6.45) is 4.91. The normalized spacial score (nSPS) is 13.0. The van der Waals surface area contributed by atoms with E-state index in [1.807, 2.05) is 29.6 Å². The molecule has 2 N–H and O–H groups in total. The number of anilines is 1. The Morgan fingerprint density at radius 3 is 2.57 bits per heavy atom. The molecule has 6 heteroatoms. The fourth-order valence-corrected chi connectivity index (χ4v) is 5.42. The summed E-state index contributed by atoms with van der Waals surface area (Å²) in [5.41, 5.74) is 2.98. The molecule has 3 aromatic rings.